The minimum atomic E-state index is -0.252. The van der Waals surface area contributed by atoms with Crippen molar-refractivity contribution in [2.24, 2.45) is 5.41 Å². The van der Waals surface area contributed by atoms with Crippen LogP contribution in [-0.4, -0.2) is 37.4 Å². The lowest BCUT2D eigenvalue weighted by molar-refractivity contribution is 0.191. The Morgan fingerprint density at radius 2 is 2.00 bits per heavy atom. The molecule has 2 amide bonds. The normalized spacial score (nSPS) is 12.6. The molecule has 5 nitrogen and oxygen atoms in total. The van der Waals surface area contributed by atoms with E-state index in [1.807, 2.05) is 24.3 Å². The quantitative estimate of drug-likeness (QED) is 0.724. The van der Waals surface area contributed by atoms with Gasteiger partial charge in [0, 0.05) is 6.54 Å². The average Bonchev–Trinajstić information content (AvgIpc) is 2.45. The third-order valence-electron chi connectivity index (χ3n) is 3.29. The molecule has 22 heavy (non-hydrogen) atoms. The van der Waals surface area contributed by atoms with Gasteiger partial charge in [0.25, 0.3) is 0 Å². The molecule has 1 aromatic carbocycles. The third kappa shape index (κ3) is 6.80. The van der Waals surface area contributed by atoms with E-state index < -0.39 is 0 Å². The molecule has 0 aliphatic heterocycles. The third-order valence-corrected chi connectivity index (χ3v) is 3.29. The molecule has 1 atom stereocenters. The molecule has 3 N–H and O–H groups in total. The van der Waals surface area contributed by atoms with Crippen LogP contribution in [0.5, 0.6) is 5.75 Å². The second-order valence-corrected chi connectivity index (χ2v) is 6.61. The van der Waals surface area contributed by atoms with Gasteiger partial charge in [0.2, 0.25) is 0 Å². The number of para-hydroxylation sites is 1. The lowest BCUT2D eigenvalue weighted by Crippen LogP contribution is -2.45. The van der Waals surface area contributed by atoms with Gasteiger partial charge in [-0.05, 0) is 29.9 Å². The molecule has 0 saturated carbocycles. The van der Waals surface area contributed by atoms with E-state index in [-0.39, 0.29) is 24.1 Å². The zero-order valence-electron chi connectivity index (χ0n) is 14.0. The zero-order chi connectivity index (χ0) is 16.6. The number of urea groups is 1. The fourth-order valence-corrected chi connectivity index (χ4v) is 2.36. The zero-order valence-corrected chi connectivity index (χ0v) is 14.0. The molecule has 0 aliphatic carbocycles. The summed E-state index contributed by atoms with van der Waals surface area (Å²) in [5.41, 5.74) is 1.11. The fourth-order valence-electron chi connectivity index (χ4n) is 2.36. The number of carbonyl (C=O) groups excluding carboxylic acids is 1. The first kappa shape index (κ1) is 18.3. The average molecular weight is 308 g/mol. The predicted octanol–water partition coefficient (Wildman–Crippen LogP) is 2.33. The molecule has 0 spiro atoms. The summed E-state index contributed by atoms with van der Waals surface area (Å²) in [5, 5.41) is 15.0. The van der Waals surface area contributed by atoms with Gasteiger partial charge in [0.05, 0.1) is 19.8 Å². The molecule has 0 heterocycles. The number of aliphatic hydroxyl groups is 1. The van der Waals surface area contributed by atoms with Crippen LogP contribution in [0.4, 0.5) is 4.79 Å². The van der Waals surface area contributed by atoms with Gasteiger partial charge in [0.1, 0.15) is 5.75 Å². The monoisotopic (exact) mass is 308 g/mol. The Morgan fingerprint density at radius 3 is 2.59 bits per heavy atom. The number of methoxy groups -OCH3 is 1. The Labute approximate surface area is 133 Å². The number of carbonyl (C=O) groups is 1. The molecule has 0 aliphatic rings. The molecule has 0 saturated heterocycles. The van der Waals surface area contributed by atoms with Crippen molar-refractivity contribution in [1.29, 1.82) is 0 Å². The van der Waals surface area contributed by atoms with Crippen molar-refractivity contribution in [2.75, 3.05) is 20.3 Å². The van der Waals surface area contributed by atoms with Crippen molar-refractivity contribution in [2.45, 2.75) is 39.7 Å². The van der Waals surface area contributed by atoms with E-state index in [4.69, 9.17) is 4.74 Å². The van der Waals surface area contributed by atoms with Crippen molar-refractivity contribution >= 4 is 6.03 Å². The molecule has 124 valence electrons. The molecule has 1 aromatic rings. The molecule has 0 fully saturated rings. The van der Waals surface area contributed by atoms with Crippen LogP contribution in [0.1, 0.15) is 32.8 Å². The van der Waals surface area contributed by atoms with Crippen molar-refractivity contribution < 1.29 is 14.6 Å². The predicted molar refractivity (Wildman–Crippen MR) is 88.2 cm³/mol. The summed E-state index contributed by atoms with van der Waals surface area (Å²) in [6.45, 7) is 6.70. The number of amides is 2. The Morgan fingerprint density at radius 1 is 1.32 bits per heavy atom. The molecule has 5 heteroatoms. The van der Waals surface area contributed by atoms with E-state index in [9.17, 15) is 9.90 Å². The van der Waals surface area contributed by atoms with Crippen molar-refractivity contribution in [3.05, 3.63) is 29.8 Å². The van der Waals surface area contributed by atoms with E-state index in [2.05, 4.69) is 31.4 Å². The summed E-state index contributed by atoms with van der Waals surface area (Å²) in [7, 11) is 1.64. The van der Waals surface area contributed by atoms with Gasteiger partial charge in [-0.25, -0.2) is 4.79 Å². The Balaban J connectivity index is 2.39. The van der Waals surface area contributed by atoms with Crippen LogP contribution in [0.2, 0.25) is 0 Å². The Bertz CT molecular complexity index is 469. The number of ether oxygens (including phenoxy) is 1. The topological polar surface area (TPSA) is 70.6 Å². The van der Waals surface area contributed by atoms with Gasteiger partial charge in [-0.1, -0.05) is 39.0 Å². The van der Waals surface area contributed by atoms with Crippen LogP contribution < -0.4 is 15.4 Å². The first-order valence-electron chi connectivity index (χ1n) is 7.63. The van der Waals surface area contributed by atoms with Gasteiger partial charge in [-0.15, -0.1) is 0 Å². The lowest BCUT2D eigenvalue weighted by atomic mass is 9.88. The number of benzene rings is 1. The molecule has 1 rings (SSSR count). The summed E-state index contributed by atoms with van der Waals surface area (Å²) in [6, 6.07) is 7.27. The van der Waals surface area contributed by atoms with Crippen LogP contribution in [0, 0.1) is 5.41 Å². The first-order chi connectivity index (χ1) is 10.4. The van der Waals surface area contributed by atoms with Crippen molar-refractivity contribution in [1.82, 2.24) is 10.6 Å². The van der Waals surface area contributed by atoms with Gasteiger partial charge >= 0.3 is 6.03 Å². The maximum absolute atomic E-state index is 11.9. The number of hydrogen-bond acceptors (Lipinski definition) is 3. The minimum Gasteiger partial charge on any atom is -0.496 e. The van der Waals surface area contributed by atoms with E-state index in [0.29, 0.717) is 13.0 Å². The second kappa shape index (κ2) is 8.63. The van der Waals surface area contributed by atoms with Crippen LogP contribution >= 0.6 is 0 Å². The molecule has 0 aromatic heterocycles. The van der Waals surface area contributed by atoms with Gasteiger partial charge < -0.3 is 20.5 Å². The molecule has 0 radical (unpaired) electrons. The standard InChI is InChI=1S/C17H28N2O3/c1-17(2,3)11-14(12-20)19-16(21)18-10-9-13-7-5-6-8-15(13)22-4/h5-8,14,20H,9-12H2,1-4H3,(H2,18,19,21). The summed E-state index contributed by atoms with van der Waals surface area (Å²) in [5.74, 6) is 0.825. The minimum absolute atomic E-state index is 0.0537. The number of aliphatic hydroxyl groups excluding tert-OH is 1. The highest BCUT2D eigenvalue weighted by atomic mass is 16.5. The van der Waals surface area contributed by atoms with Crippen LogP contribution in [0.25, 0.3) is 0 Å². The smallest absolute Gasteiger partial charge is 0.315 e. The Kier molecular flexibility index (Phi) is 7.18. The van der Waals surface area contributed by atoms with E-state index in [1.165, 1.54) is 0 Å². The van der Waals surface area contributed by atoms with Crippen molar-refractivity contribution in [3.8, 4) is 5.75 Å². The fraction of sp³-hybridized carbons (Fsp3) is 0.588. The molecular weight excluding hydrogens is 280 g/mol. The Hall–Kier alpha value is -1.75. The van der Waals surface area contributed by atoms with Crippen LogP contribution in [0.15, 0.2) is 24.3 Å². The highest BCUT2D eigenvalue weighted by molar-refractivity contribution is 5.74. The highest BCUT2D eigenvalue weighted by Gasteiger charge is 2.19. The van der Waals surface area contributed by atoms with Crippen LogP contribution in [0.3, 0.4) is 0 Å². The van der Waals surface area contributed by atoms with Crippen LogP contribution in [-0.2, 0) is 6.42 Å². The van der Waals surface area contributed by atoms with Gasteiger partial charge in [-0.3, -0.25) is 0 Å². The maximum Gasteiger partial charge on any atom is 0.315 e. The maximum atomic E-state index is 11.9. The van der Waals surface area contributed by atoms with E-state index >= 15 is 0 Å². The number of rotatable bonds is 7. The summed E-state index contributed by atoms with van der Waals surface area (Å²) < 4.78 is 5.28. The SMILES string of the molecule is COc1ccccc1CCNC(=O)NC(CO)CC(C)(C)C. The summed E-state index contributed by atoms with van der Waals surface area (Å²) in [6.07, 6.45) is 1.42. The lowest BCUT2D eigenvalue weighted by Gasteiger charge is -2.25. The first-order valence-corrected chi connectivity index (χ1v) is 7.63. The van der Waals surface area contributed by atoms with E-state index in [1.54, 1.807) is 7.11 Å². The molecule has 0 bridgehead atoms. The van der Waals surface area contributed by atoms with Gasteiger partial charge in [-0.2, -0.15) is 0 Å². The summed E-state index contributed by atoms with van der Waals surface area (Å²) >= 11 is 0. The molecule has 1 unspecified atom stereocenters. The number of nitrogens with one attached hydrogen (secondary N) is 2. The number of hydrogen-bond donors (Lipinski definition) is 3. The summed E-state index contributed by atoms with van der Waals surface area (Å²) in [4.78, 5) is 11.9. The van der Waals surface area contributed by atoms with Crippen molar-refractivity contribution in [3.63, 3.8) is 0 Å². The van der Waals surface area contributed by atoms with Gasteiger partial charge in [0.15, 0.2) is 0 Å². The highest BCUT2D eigenvalue weighted by Crippen LogP contribution is 2.20. The second-order valence-electron chi connectivity index (χ2n) is 6.61. The largest absolute Gasteiger partial charge is 0.496 e. The molecular formula is C17H28N2O3. The van der Waals surface area contributed by atoms with E-state index in [0.717, 1.165) is 17.7 Å².